The molecule has 3 rings (SSSR count). The molecule has 1 aliphatic heterocycles. The second-order valence-corrected chi connectivity index (χ2v) is 7.49. The number of para-hydroxylation sites is 1. The van der Waals surface area contributed by atoms with Crippen molar-refractivity contribution in [2.24, 2.45) is 0 Å². The Balaban J connectivity index is 1.78. The van der Waals surface area contributed by atoms with Crippen molar-refractivity contribution in [3.63, 3.8) is 0 Å². The zero-order valence-electron chi connectivity index (χ0n) is 12.6. The first kappa shape index (κ1) is 15.1. The van der Waals surface area contributed by atoms with Crippen molar-refractivity contribution < 1.29 is 8.42 Å². The van der Waals surface area contributed by atoms with Crippen LogP contribution in [0.1, 0.15) is 6.92 Å². The minimum absolute atomic E-state index is 0.148. The van der Waals surface area contributed by atoms with Crippen LogP contribution >= 0.6 is 0 Å². The van der Waals surface area contributed by atoms with Crippen LogP contribution < -0.4 is 4.90 Å². The lowest BCUT2D eigenvalue weighted by Crippen LogP contribution is -2.53. The number of benzene rings is 2. The van der Waals surface area contributed by atoms with Crippen LogP contribution in [-0.2, 0) is 10.0 Å². The molecule has 0 radical (unpaired) electrons. The van der Waals surface area contributed by atoms with Gasteiger partial charge < -0.3 is 4.90 Å². The zero-order valence-corrected chi connectivity index (χ0v) is 13.4. The van der Waals surface area contributed by atoms with Gasteiger partial charge in [0.05, 0.1) is 4.90 Å². The summed E-state index contributed by atoms with van der Waals surface area (Å²) >= 11 is 0. The Hall–Kier alpha value is -1.85. The van der Waals surface area contributed by atoms with E-state index in [0.717, 1.165) is 5.69 Å². The van der Waals surface area contributed by atoms with Crippen LogP contribution in [0.2, 0.25) is 0 Å². The lowest BCUT2D eigenvalue weighted by atomic mass is 10.2. The summed E-state index contributed by atoms with van der Waals surface area (Å²) in [6.07, 6.45) is 0. The van der Waals surface area contributed by atoms with Gasteiger partial charge in [-0.2, -0.15) is 4.31 Å². The van der Waals surface area contributed by atoms with Crippen LogP contribution in [0.3, 0.4) is 0 Å². The maximum Gasteiger partial charge on any atom is 0.243 e. The van der Waals surface area contributed by atoms with Crippen molar-refractivity contribution >= 4 is 15.7 Å². The SMILES string of the molecule is CC1CN(S(=O)(=O)c2ccccc2)CCN1c1ccccc1. The maximum atomic E-state index is 12.7. The number of piperazine rings is 1. The maximum absolute atomic E-state index is 12.7. The molecule has 0 bridgehead atoms. The van der Waals surface area contributed by atoms with Crippen molar-refractivity contribution in [1.82, 2.24) is 4.31 Å². The van der Waals surface area contributed by atoms with Crippen LogP contribution in [-0.4, -0.2) is 38.4 Å². The van der Waals surface area contributed by atoms with Gasteiger partial charge in [0.2, 0.25) is 10.0 Å². The second kappa shape index (κ2) is 6.10. The summed E-state index contributed by atoms with van der Waals surface area (Å²) in [5.41, 5.74) is 1.15. The number of anilines is 1. The summed E-state index contributed by atoms with van der Waals surface area (Å²) in [5, 5.41) is 0. The highest BCUT2D eigenvalue weighted by molar-refractivity contribution is 7.89. The molecule has 0 N–H and O–H groups in total. The molecule has 2 aromatic rings. The molecule has 1 saturated heterocycles. The monoisotopic (exact) mass is 316 g/mol. The third kappa shape index (κ3) is 2.87. The Morgan fingerprint density at radius 3 is 2.09 bits per heavy atom. The molecule has 1 atom stereocenters. The standard InChI is InChI=1S/C17H20N2O2S/c1-15-14-18(22(20,21)17-10-6-3-7-11-17)12-13-19(15)16-8-4-2-5-9-16/h2-11,15H,12-14H2,1H3. The first-order valence-corrected chi connectivity index (χ1v) is 8.90. The molecule has 116 valence electrons. The average molecular weight is 316 g/mol. The number of nitrogens with zero attached hydrogens (tertiary/aromatic N) is 2. The van der Waals surface area contributed by atoms with E-state index in [2.05, 4.69) is 24.0 Å². The summed E-state index contributed by atoms with van der Waals surface area (Å²) in [6.45, 7) is 3.79. The Morgan fingerprint density at radius 1 is 0.909 bits per heavy atom. The van der Waals surface area contributed by atoms with Crippen LogP contribution in [0.15, 0.2) is 65.6 Å². The van der Waals surface area contributed by atoms with Gasteiger partial charge in [0, 0.05) is 31.4 Å². The van der Waals surface area contributed by atoms with Gasteiger partial charge in [-0.15, -0.1) is 0 Å². The minimum atomic E-state index is -3.39. The minimum Gasteiger partial charge on any atom is -0.366 e. The van der Waals surface area contributed by atoms with Crippen LogP contribution in [0.5, 0.6) is 0 Å². The second-order valence-electron chi connectivity index (χ2n) is 5.55. The van der Waals surface area contributed by atoms with E-state index >= 15 is 0 Å². The van der Waals surface area contributed by atoms with E-state index in [-0.39, 0.29) is 6.04 Å². The summed E-state index contributed by atoms with van der Waals surface area (Å²) < 4.78 is 27.0. The fourth-order valence-corrected chi connectivity index (χ4v) is 4.42. The average Bonchev–Trinajstić information content (AvgIpc) is 2.56. The number of hydrogen-bond donors (Lipinski definition) is 0. The molecule has 1 unspecified atom stereocenters. The molecule has 1 fully saturated rings. The number of sulfonamides is 1. The normalized spacial score (nSPS) is 20.0. The summed E-state index contributed by atoms with van der Waals surface area (Å²) in [6, 6.07) is 19.0. The summed E-state index contributed by atoms with van der Waals surface area (Å²) in [5.74, 6) is 0. The van der Waals surface area contributed by atoms with Gasteiger partial charge in [-0.1, -0.05) is 36.4 Å². The van der Waals surface area contributed by atoms with Crippen molar-refractivity contribution in [2.45, 2.75) is 17.9 Å². The lowest BCUT2D eigenvalue weighted by Gasteiger charge is -2.40. The van der Waals surface area contributed by atoms with E-state index in [1.165, 1.54) is 0 Å². The third-order valence-electron chi connectivity index (χ3n) is 4.06. The Morgan fingerprint density at radius 2 is 1.50 bits per heavy atom. The quantitative estimate of drug-likeness (QED) is 0.874. The fourth-order valence-electron chi connectivity index (χ4n) is 2.89. The summed E-state index contributed by atoms with van der Waals surface area (Å²) in [4.78, 5) is 2.63. The van der Waals surface area contributed by atoms with Gasteiger partial charge in [-0.3, -0.25) is 0 Å². The molecular formula is C17H20N2O2S. The van der Waals surface area contributed by atoms with E-state index in [4.69, 9.17) is 0 Å². The van der Waals surface area contributed by atoms with Gasteiger partial charge in [0.15, 0.2) is 0 Å². The highest BCUT2D eigenvalue weighted by atomic mass is 32.2. The number of rotatable bonds is 3. The van der Waals surface area contributed by atoms with E-state index in [0.29, 0.717) is 24.5 Å². The van der Waals surface area contributed by atoms with Gasteiger partial charge in [-0.05, 0) is 31.2 Å². The molecule has 1 heterocycles. The van der Waals surface area contributed by atoms with Gasteiger partial charge in [0.25, 0.3) is 0 Å². The molecular weight excluding hydrogens is 296 g/mol. The lowest BCUT2D eigenvalue weighted by molar-refractivity contribution is 0.342. The predicted octanol–water partition coefficient (Wildman–Crippen LogP) is 2.59. The largest absolute Gasteiger partial charge is 0.366 e. The van der Waals surface area contributed by atoms with E-state index in [1.807, 2.05) is 24.3 Å². The molecule has 0 aliphatic carbocycles. The van der Waals surface area contributed by atoms with Crippen molar-refractivity contribution in [3.05, 3.63) is 60.7 Å². The van der Waals surface area contributed by atoms with Gasteiger partial charge in [0.1, 0.15) is 0 Å². The molecule has 0 amide bonds. The molecule has 4 nitrogen and oxygen atoms in total. The first-order valence-electron chi connectivity index (χ1n) is 7.46. The molecule has 22 heavy (non-hydrogen) atoms. The molecule has 0 saturated carbocycles. The third-order valence-corrected chi connectivity index (χ3v) is 5.94. The molecule has 0 spiro atoms. The predicted molar refractivity (Wildman–Crippen MR) is 88.5 cm³/mol. The molecule has 1 aliphatic rings. The number of hydrogen-bond acceptors (Lipinski definition) is 3. The summed E-state index contributed by atoms with van der Waals surface area (Å²) in [7, 11) is -3.39. The highest BCUT2D eigenvalue weighted by Crippen LogP contribution is 2.24. The topological polar surface area (TPSA) is 40.6 Å². The first-order chi connectivity index (χ1) is 10.6. The van der Waals surface area contributed by atoms with E-state index in [1.54, 1.807) is 28.6 Å². The Bertz CT molecular complexity index is 717. The van der Waals surface area contributed by atoms with E-state index in [9.17, 15) is 8.42 Å². The fraction of sp³-hybridized carbons (Fsp3) is 0.294. The smallest absolute Gasteiger partial charge is 0.243 e. The highest BCUT2D eigenvalue weighted by Gasteiger charge is 2.32. The van der Waals surface area contributed by atoms with Crippen LogP contribution in [0, 0.1) is 0 Å². The van der Waals surface area contributed by atoms with Gasteiger partial charge >= 0.3 is 0 Å². The Labute approximate surface area is 132 Å². The van der Waals surface area contributed by atoms with Crippen molar-refractivity contribution in [1.29, 1.82) is 0 Å². The molecule has 5 heteroatoms. The van der Waals surface area contributed by atoms with Crippen molar-refractivity contribution in [3.8, 4) is 0 Å². The van der Waals surface area contributed by atoms with Gasteiger partial charge in [-0.25, -0.2) is 8.42 Å². The van der Waals surface area contributed by atoms with Crippen molar-refractivity contribution in [2.75, 3.05) is 24.5 Å². The Kier molecular flexibility index (Phi) is 4.18. The van der Waals surface area contributed by atoms with Crippen LogP contribution in [0.25, 0.3) is 0 Å². The molecule has 2 aromatic carbocycles. The zero-order chi connectivity index (χ0) is 15.6. The van der Waals surface area contributed by atoms with E-state index < -0.39 is 10.0 Å². The van der Waals surface area contributed by atoms with Crippen LogP contribution in [0.4, 0.5) is 5.69 Å². The molecule has 0 aromatic heterocycles.